The van der Waals surface area contributed by atoms with Gasteiger partial charge in [0.1, 0.15) is 7.05 Å². The van der Waals surface area contributed by atoms with Gasteiger partial charge in [0.2, 0.25) is 5.52 Å². The van der Waals surface area contributed by atoms with Crippen molar-refractivity contribution in [2.45, 2.75) is 60.7 Å². The van der Waals surface area contributed by atoms with Gasteiger partial charge >= 0.3 is 0 Å². The third-order valence-electron chi connectivity index (χ3n) is 8.91. The molecule has 0 spiro atoms. The van der Waals surface area contributed by atoms with Gasteiger partial charge in [-0.25, -0.2) is 4.57 Å². The van der Waals surface area contributed by atoms with Gasteiger partial charge in [0.15, 0.2) is 6.20 Å². The monoisotopic (exact) mass is 527 g/mol. The Morgan fingerprint density at radius 1 is 0.744 bits per heavy atom. The number of hydrogen-bond donors (Lipinski definition) is 0. The van der Waals surface area contributed by atoms with Gasteiger partial charge in [-0.15, -0.1) is 0 Å². The second-order valence-corrected chi connectivity index (χ2v) is 19.1. The van der Waals surface area contributed by atoms with Crippen molar-refractivity contribution < 1.29 is 4.57 Å². The predicted molar refractivity (Wildman–Crippen MR) is 173 cm³/mol. The Labute approximate surface area is 232 Å². The maximum atomic E-state index is 2.67. The van der Waals surface area contributed by atoms with Crippen molar-refractivity contribution in [3.63, 3.8) is 0 Å². The molecule has 0 unspecified atom stereocenters. The molecule has 7 aromatic rings. The molecule has 7 rings (SSSR count). The van der Waals surface area contributed by atoms with Crippen LogP contribution in [0.4, 0.5) is 0 Å². The van der Waals surface area contributed by atoms with Gasteiger partial charge < -0.3 is 4.40 Å². The fourth-order valence-corrected chi connectivity index (χ4v) is 8.83. The van der Waals surface area contributed by atoms with E-state index >= 15 is 0 Å². The van der Waals surface area contributed by atoms with Crippen LogP contribution in [0.1, 0.15) is 37.5 Å². The van der Waals surface area contributed by atoms with Crippen molar-refractivity contribution in [2.24, 2.45) is 12.5 Å². The van der Waals surface area contributed by atoms with Gasteiger partial charge in [-0.05, 0) is 63.7 Å². The van der Waals surface area contributed by atoms with Crippen LogP contribution >= 0.6 is 0 Å². The van der Waals surface area contributed by atoms with Crippen LogP contribution < -0.4 is 9.75 Å². The summed E-state index contributed by atoms with van der Waals surface area (Å²) in [6.07, 6.45) is 3.32. The summed E-state index contributed by atoms with van der Waals surface area (Å²) in [6.45, 7) is 19.2. The molecular weight excluding hydrogens is 488 g/mol. The third-order valence-corrected chi connectivity index (χ3v) is 10.9. The molecule has 3 aromatic heterocycles. The van der Waals surface area contributed by atoms with Crippen molar-refractivity contribution in [2.75, 3.05) is 0 Å². The summed E-state index contributed by atoms with van der Waals surface area (Å²) in [5.41, 5.74) is 9.96. The molecule has 0 N–H and O–H groups in total. The number of rotatable bonds is 2. The van der Waals surface area contributed by atoms with Gasteiger partial charge in [0, 0.05) is 16.8 Å². The van der Waals surface area contributed by atoms with E-state index in [9.17, 15) is 0 Å². The van der Waals surface area contributed by atoms with Gasteiger partial charge in [0.05, 0.1) is 35.4 Å². The first kappa shape index (κ1) is 24.6. The lowest BCUT2D eigenvalue weighted by Crippen LogP contribution is -2.38. The fraction of sp³-hybridized carbons (Fsp3) is 0.306. The predicted octanol–water partition coefficient (Wildman–Crippen LogP) is 8.72. The smallest absolute Gasteiger partial charge is 0.224 e. The van der Waals surface area contributed by atoms with Gasteiger partial charge in [-0.3, -0.25) is 0 Å². The van der Waals surface area contributed by atoms with Crippen LogP contribution in [0.5, 0.6) is 0 Å². The summed E-state index contributed by atoms with van der Waals surface area (Å²) in [5.74, 6) is 0. The van der Waals surface area contributed by atoms with Crippen LogP contribution in [0, 0.1) is 19.3 Å². The van der Waals surface area contributed by atoms with Crippen LogP contribution in [-0.4, -0.2) is 12.5 Å². The third kappa shape index (κ3) is 3.35. The zero-order valence-corrected chi connectivity index (χ0v) is 25.9. The molecule has 0 amide bonds. The number of benzene rings is 4. The fourth-order valence-electron chi connectivity index (χ4n) is 7.28. The first-order chi connectivity index (χ1) is 18.4. The highest BCUT2D eigenvalue weighted by Gasteiger charge is 2.29. The molecule has 2 nitrogen and oxygen atoms in total. The Balaban J connectivity index is 1.83. The van der Waals surface area contributed by atoms with Crippen LogP contribution in [-0.2, 0) is 13.5 Å². The Kier molecular flexibility index (Phi) is 4.93. The second-order valence-electron chi connectivity index (χ2n) is 14.1. The number of aryl methyl sites for hydroxylation is 3. The Morgan fingerprint density at radius 2 is 1.46 bits per heavy atom. The highest BCUT2D eigenvalue weighted by atomic mass is 28.3. The van der Waals surface area contributed by atoms with Crippen molar-refractivity contribution in [1.82, 2.24) is 4.40 Å². The first-order valence-corrected chi connectivity index (χ1v) is 17.8. The molecule has 0 atom stereocenters. The Morgan fingerprint density at radius 3 is 2.18 bits per heavy atom. The Hall–Kier alpha value is -3.43. The van der Waals surface area contributed by atoms with Crippen LogP contribution in [0.3, 0.4) is 0 Å². The maximum Gasteiger partial charge on any atom is 0.224 e. The Bertz CT molecular complexity index is 2130. The summed E-state index contributed by atoms with van der Waals surface area (Å²) in [5, 5.41) is 11.2. The number of hydrogen-bond acceptors (Lipinski definition) is 0. The normalized spacial score (nSPS) is 13.4. The molecule has 0 saturated carbocycles. The summed E-state index contributed by atoms with van der Waals surface area (Å²) in [4.78, 5) is 0. The molecule has 39 heavy (non-hydrogen) atoms. The first-order valence-electron chi connectivity index (χ1n) is 14.3. The van der Waals surface area contributed by atoms with Gasteiger partial charge in [-0.2, -0.15) is 0 Å². The molecular formula is C36H39N2Si+. The quantitative estimate of drug-likeness (QED) is 0.0919. The van der Waals surface area contributed by atoms with Gasteiger partial charge in [0.25, 0.3) is 0 Å². The highest BCUT2D eigenvalue weighted by Crippen LogP contribution is 2.44. The van der Waals surface area contributed by atoms with E-state index in [0.29, 0.717) is 0 Å². The number of nitrogens with zero attached hydrogens (tertiary/aromatic N) is 2. The number of fused-ring (bicyclic) bond motifs is 7. The second kappa shape index (κ2) is 7.82. The molecule has 0 radical (unpaired) electrons. The van der Waals surface area contributed by atoms with E-state index in [1.54, 1.807) is 0 Å². The van der Waals surface area contributed by atoms with Crippen molar-refractivity contribution >= 4 is 73.0 Å². The zero-order chi connectivity index (χ0) is 27.6. The molecule has 0 fully saturated rings. The molecule has 3 heterocycles. The largest absolute Gasteiger partial charge is 0.307 e. The molecule has 4 aromatic carbocycles. The molecule has 0 saturated heterocycles. The van der Waals surface area contributed by atoms with Crippen LogP contribution in [0.15, 0.2) is 60.8 Å². The average Bonchev–Trinajstić information content (AvgIpc) is 3.20. The van der Waals surface area contributed by atoms with Crippen molar-refractivity contribution in [3.8, 4) is 0 Å². The minimum atomic E-state index is -1.63. The summed E-state index contributed by atoms with van der Waals surface area (Å²) < 4.78 is 5.03. The molecule has 196 valence electrons. The van der Waals surface area contributed by atoms with E-state index < -0.39 is 8.07 Å². The van der Waals surface area contributed by atoms with E-state index in [-0.39, 0.29) is 5.41 Å². The highest BCUT2D eigenvalue weighted by molar-refractivity contribution is 6.90. The molecule has 0 bridgehead atoms. The number of pyridine rings is 2. The van der Waals surface area contributed by atoms with Crippen molar-refractivity contribution in [1.29, 1.82) is 0 Å². The lowest BCUT2D eigenvalue weighted by Gasteiger charge is -2.22. The lowest BCUT2D eigenvalue weighted by molar-refractivity contribution is -0.643. The van der Waals surface area contributed by atoms with Crippen LogP contribution in [0.25, 0.3) is 59.8 Å². The van der Waals surface area contributed by atoms with Gasteiger partial charge in [-0.1, -0.05) is 88.9 Å². The number of para-hydroxylation sites is 1. The number of aromatic nitrogens is 2. The maximum absolute atomic E-state index is 2.67. The molecule has 0 aliphatic rings. The zero-order valence-electron chi connectivity index (χ0n) is 24.9. The topological polar surface area (TPSA) is 8.29 Å². The van der Waals surface area contributed by atoms with E-state index in [2.05, 4.69) is 131 Å². The van der Waals surface area contributed by atoms with E-state index in [1.807, 2.05) is 0 Å². The molecule has 0 aliphatic carbocycles. The summed E-state index contributed by atoms with van der Waals surface area (Å²) >= 11 is 0. The SMILES string of the molecule is Cc1c2cc(CC(C)(C)C)ccc2c(C)c2c1c1c3c(ccc4c5cccc([Si](C)(C)C)c5n2c43)cc[n+]1C. The summed E-state index contributed by atoms with van der Waals surface area (Å²) in [7, 11) is 0.592. The van der Waals surface area contributed by atoms with E-state index in [0.717, 1.165) is 6.42 Å². The summed E-state index contributed by atoms with van der Waals surface area (Å²) in [6, 6.07) is 21.2. The lowest BCUT2D eigenvalue weighted by atomic mass is 9.86. The molecule has 0 aliphatic heterocycles. The van der Waals surface area contributed by atoms with E-state index in [4.69, 9.17) is 0 Å². The minimum Gasteiger partial charge on any atom is -0.307 e. The van der Waals surface area contributed by atoms with E-state index in [1.165, 1.54) is 81.6 Å². The average molecular weight is 528 g/mol. The van der Waals surface area contributed by atoms with Crippen LogP contribution in [0.2, 0.25) is 19.6 Å². The molecule has 3 heteroatoms. The standard InChI is InChI=1S/C36H39N2Si/c1-21-28-19-23(20-36(3,4)5)13-15-25(28)22(2)32-30(21)35-31-24(17-18-37(35)6)14-16-27-26-11-10-12-29(39(7,8)9)33(26)38(32)34(27)31/h10-19H,20H2,1-9H3/q+1. The minimum absolute atomic E-state index is 0.255. The van der Waals surface area contributed by atoms with Crippen molar-refractivity contribution in [3.05, 3.63) is 77.5 Å².